The molecule has 0 saturated carbocycles. The minimum absolute atomic E-state index is 0.0451. The van der Waals surface area contributed by atoms with Crippen molar-refractivity contribution in [1.82, 2.24) is 20.0 Å². The number of ether oxygens (including phenoxy) is 1. The summed E-state index contributed by atoms with van der Waals surface area (Å²) < 4.78 is 19.7. The van der Waals surface area contributed by atoms with E-state index >= 15 is 0 Å². The zero-order valence-electron chi connectivity index (χ0n) is 21.9. The molecule has 2 aromatic rings. The summed E-state index contributed by atoms with van der Waals surface area (Å²) in [4.78, 5) is 44.8. The smallest absolute Gasteiger partial charge is 0.338 e. The molecule has 1 saturated heterocycles. The van der Waals surface area contributed by atoms with Gasteiger partial charge in [0.2, 0.25) is 0 Å². The second kappa shape index (κ2) is 12.9. The molecule has 2 aromatic carbocycles. The van der Waals surface area contributed by atoms with Crippen LogP contribution in [-0.2, 0) is 9.53 Å². The number of halogens is 2. The third kappa shape index (κ3) is 6.49. The van der Waals surface area contributed by atoms with E-state index < -0.39 is 17.8 Å². The molecule has 0 bridgehead atoms. The third-order valence-corrected chi connectivity index (χ3v) is 7.02. The van der Waals surface area contributed by atoms with Crippen LogP contribution in [0.2, 0.25) is 5.02 Å². The molecule has 0 aromatic heterocycles. The summed E-state index contributed by atoms with van der Waals surface area (Å²) in [5.41, 5.74) is 1.54. The van der Waals surface area contributed by atoms with Crippen LogP contribution in [0.1, 0.15) is 35.3 Å². The van der Waals surface area contributed by atoms with Gasteiger partial charge in [-0.15, -0.1) is 6.58 Å². The fraction of sp³-hybridized carbons (Fsp3) is 0.345. The normalized spacial score (nSPS) is 18.4. The Morgan fingerprint density at radius 1 is 1.15 bits per heavy atom. The molecular weight excluding hydrogens is 523 g/mol. The number of hydrogen-bond donors (Lipinski definition) is 1. The van der Waals surface area contributed by atoms with Crippen molar-refractivity contribution >= 4 is 29.5 Å². The highest BCUT2D eigenvalue weighted by molar-refractivity contribution is 6.30. The van der Waals surface area contributed by atoms with E-state index in [0.29, 0.717) is 54.5 Å². The van der Waals surface area contributed by atoms with Gasteiger partial charge in [0.25, 0.3) is 5.91 Å². The van der Waals surface area contributed by atoms with Crippen LogP contribution in [-0.4, -0.2) is 78.5 Å². The van der Waals surface area contributed by atoms with E-state index in [0.717, 1.165) is 0 Å². The molecule has 0 radical (unpaired) electrons. The van der Waals surface area contributed by atoms with Gasteiger partial charge in [0.1, 0.15) is 5.82 Å². The van der Waals surface area contributed by atoms with E-state index in [4.69, 9.17) is 16.3 Å². The summed E-state index contributed by atoms with van der Waals surface area (Å²) in [5.74, 6) is -1.43. The average Bonchev–Trinajstić information content (AvgIpc) is 3.16. The molecule has 39 heavy (non-hydrogen) atoms. The Kier molecular flexibility index (Phi) is 9.37. The SMILES string of the molecule is C=CCN1C(=O)N[C@H](c2cccc(Cl)c2)C(C(=O)OCC)=C1CN1CCCN(C(=O)c2ccccc2F)CC1. The monoisotopic (exact) mass is 554 g/mol. The van der Waals surface area contributed by atoms with E-state index in [1.165, 1.54) is 17.0 Å². The van der Waals surface area contributed by atoms with Crippen molar-refractivity contribution in [3.8, 4) is 0 Å². The van der Waals surface area contributed by atoms with E-state index in [2.05, 4.69) is 16.8 Å². The number of amides is 3. The number of urea groups is 1. The van der Waals surface area contributed by atoms with Crippen LogP contribution in [0.15, 0.2) is 72.5 Å². The maximum absolute atomic E-state index is 14.3. The number of rotatable bonds is 8. The van der Waals surface area contributed by atoms with Gasteiger partial charge >= 0.3 is 12.0 Å². The minimum atomic E-state index is -0.752. The maximum atomic E-state index is 14.3. The standard InChI is InChI=1S/C29H32ClFN4O4/c1-3-13-35-24(19-33-14-8-15-34(17-16-33)27(36)22-11-5-6-12-23(22)31)25(28(37)39-4-2)26(32-29(35)38)20-9-7-10-21(30)18-20/h3,5-7,9-12,18,26H,1,4,8,13-17,19H2,2H3,(H,32,38)/t26-/m1/s1. The summed E-state index contributed by atoms with van der Waals surface area (Å²) in [6.07, 6.45) is 2.24. The zero-order valence-corrected chi connectivity index (χ0v) is 22.6. The van der Waals surface area contributed by atoms with Crippen LogP contribution in [0, 0.1) is 5.82 Å². The highest BCUT2D eigenvalue weighted by Gasteiger charge is 2.38. The first-order chi connectivity index (χ1) is 18.8. The van der Waals surface area contributed by atoms with Crippen LogP contribution in [0.5, 0.6) is 0 Å². The molecule has 2 heterocycles. The molecule has 0 spiro atoms. The van der Waals surface area contributed by atoms with Gasteiger partial charge < -0.3 is 15.0 Å². The first kappa shape index (κ1) is 28.3. The molecular formula is C29H32ClFN4O4. The van der Waals surface area contributed by atoms with Crippen LogP contribution in [0.3, 0.4) is 0 Å². The number of esters is 1. The predicted molar refractivity (Wildman–Crippen MR) is 147 cm³/mol. The van der Waals surface area contributed by atoms with Crippen molar-refractivity contribution < 1.29 is 23.5 Å². The molecule has 1 fully saturated rings. The molecule has 8 nitrogen and oxygen atoms in total. The zero-order chi connectivity index (χ0) is 27.9. The molecule has 0 unspecified atom stereocenters. The number of carbonyl (C=O) groups is 3. The van der Waals surface area contributed by atoms with Gasteiger partial charge in [-0.3, -0.25) is 14.6 Å². The second-order valence-corrected chi connectivity index (χ2v) is 9.76. The Balaban J connectivity index is 1.65. The lowest BCUT2D eigenvalue weighted by atomic mass is 9.94. The number of benzene rings is 2. The van der Waals surface area contributed by atoms with Gasteiger partial charge in [-0.25, -0.2) is 14.0 Å². The van der Waals surface area contributed by atoms with Gasteiger partial charge in [0.15, 0.2) is 0 Å². The summed E-state index contributed by atoms with van der Waals surface area (Å²) >= 11 is 6.24. The van der Waals surface area contributed by atoms with Crippen LogP contribution >= 0.6 is 11.6 Å². The summed E-state index contributed by atoms with van der Waals surface area (Å²) in [7, 11) is 0. The summed E-state index contributed by atoms with van der Waals surface area (Å²) in [5, 5.41) is 3.40. The van der Waals surface area contributed by atoms with E-state index in [-0.39, 0.29) is 37.2 Å². The largest absolute Gasteiger partial charge is 0.463 e. The molecule has 3 amide bonds. The molecule has 0 aliphatic carbocycles. The Bertz CT molecular complexity index is 1280. The Morgan fingerprint density at radius 3 is 2.67 bits per heavy atom. The molecule has 4 rings (SSSR count). The number of hydrogen-bond acceptors (Lipinski definition) is 5. The molecule has 10 heteroatoms. The van der Waals surface area contributed by atoms with E-state index in [1.807, 2.05) is 0 Å². The van der Waals surface area contributed by atoms with Crippen molar-refractivity contribution in [1.29, 1.82) is 0 Å². The summed E-state index contributed by atoms with van der Waals surface area (Å²) in [6, 6.07) is 11.8. The van der Waals surface area contributed by atoms with Gasteiger partial charge in [0.05, 0.1) is 23.8 Å². The fourth-order valence-corrected chi connectivity index (χ4v) is 5.13. The van der Waals surface area contributed by atoms with Crippen molar-refractivity contribution in [2.45, 2.75) is 19.4 Å². The maximum Gasteiger partial charge on any atom is 0.338 e. The van der Waals surface area contributed by atoms with Crippen LogP contribution in [0.4, 0.5) is 9.18 Å². The first-order valence-corrected chi connectivity index (χ1v) is 13.3. The van der Waals surface area contributed by atoms with E-state index in [1.54, 1.807) is 54.3 Å². The Labute approximate surface area is 232 Å². The topological polar surface area (TPSA) is 82.2 Å². The highest BCUT2D eigenvalue weighted by atomic mass is 35.5. The number of nitrogens with zero attached hydrogens (tertiary/aromatic N) is 3. The predicted octanol–water partition coefficient (Wildman–Crippen LogP) is 4.40. The van der Waals surface area contributed by atoms with Crippen molar-refractivity contribution in [2.24, 2.45) is 0 Å². The average molecular weight is 555 g/mol. The third-order valence-electron chi connectivity index (χ3n) is 6.78. The van der Waals surface area contributed by atoms with Gasteiger partial charge in [-0.1, -0.05) is 41.9 Å². The molecule has 206 valence electrons. The van der Waals surface area contributed by atoms with Crippen molar-refractivity contribution in [2.75, 3.05) is 45.9 Å². The van der Waals surface area contributed by atoms with Gasteiger partial charge in [0, 0.05) is 50.0 Å². The number of carbonyl (C=O) groups excluding carboxylic acids is 3. The molecule has 2 aliphatic rings. The summed E-state index contributed by atoms with van der Waals surface area (Å²) in [6.45, 7) is 8.08. The second-order valence-electron chi connectivity index (χ2n) is 9.32. The molecule has 1 atom stereocenters. The van der Waals surface area contributed by atoms with Gasteiger partial charge in [-0.05, 0) is 43.2 Å². The van der Waals surface area contributed by atoms with Crippen LogP contribution < -0.4 is 5.32 Å². The minimum Gasteiger partial charge on any atom is -0.463 e. The Morgan fingerprint density at radius 2 is 1.95 bits per heavy atom. The fourth-order valence-electron chi connectivity index (χ4n) is 4.93. The van der Waals surface area contributed by atoms with E-state index in [9.17, 15) is 18.8 Å². The number of nitrogens with one attached hydrogen (secondary N) is 1. The lowest BCUT2D eigenvalue weighted by Gasteiger charge is -2.38. The Hall–Kier alpha value is -3.69. The molecule has 2 aliphatic heterocycles. The molecule has 1 N–H and O–H groups in total. The first-order valence-electron chi connectivity index (χ1n) is 12.9. The van der Waals surface area contributed by atoms with Gasteiger partial charge in [-0.2, -0.15) is 0 Å². The highest BCUT2D eigenvalue weighted by Crippen LogP contribution is 2.33. The lowest BCUT2D eigenvalue weighted by Crippen LogP contribution is -2.51. The lowest BCUT2D eigenvalue weighted by molar-refractivity contribution is -0.139. The quantitative estimate of drug-likeness (QED) is 0.386. The van der Waals surface area contributed by atoms with Crippen molar-refractivity contribution in [3.63, 3.8) is 0 Å². The van der Waals surface area contributed by atoms with Crippen LogP contribution in [0.25, 0.3) is 0 Å². The van der Waals surface area contributed by atoms with Crippen molar-refractivity contribution in [3.05, 3.63) is 94.4 Å².